The van der Waals surface area contributed by atoms with Crippen LogP contribution < -0.4 is 0 Å². The van der Waals surface area contributed by atoms with Crippen molar-refractivity contribution >= 4 is 21.9 Å². The fraction of sp³-hybridized carbons (Fsp3) is 0.333. The first-order valence-corrected chi connectivity index (χ1v) is 4.79. The smallest absolute Gasteiger partial charge is 0.356 e. The van der Waals surface area contributed by atoms with E-state index in [0.29, 0.717) is 12.2 Å². The van der Waals surface area contributed by atoms with E-state index in [4.69, 9.17) is 0 Å². The molecular formula is C9H11BrN2O2. The minimum absolute atomic E-state index is 0.389. The molecule has 0 N–H and O–H groups in total. The van der Waals surface area contributed by atoms with E-state index in [2.05, 4.69) is 32.2 Å². The molecule has 0 amide bonds. The number of aromatic nitrogens is 2. The van der Waals surface area contributed by atoms with Crippen molar-refractivity contribution in [3.05, 3.63) is 28.8 Å². The number of esters is 1. The van der Waals surface area contributed by atoms with E-state index in [1.807, 2.05) is 6.92 Å². The van der Waals surface area contributed by atoms with E-state index in [9.17, 15) is 4.79 Å². The Kier molecular flexibility index (Phi) is 3.46. The zero-order valence-electron chi connectivity index (χ0n) is 8.08. The lowest BCUT2D eigenvalue weighted by Gasteiger charge is -2.07. The van der Waals surface area contributed by atoms with Crippen molar-refractivity contribution in [2.24, 2.45) is 0 Å². The van der Waals surface area contributed by atoms with Gasteiger partial charge in [-0.15, -0.1) is 0 Å². The van der Waals surface area contributed by atoms with Crippen LogP contribution in [0.4, 0.5) is 0 Å². The number of ether oxygens (including phenoxy) is 1. The molecule has 0 unspecified atom stereocenters. The van der Waals surface area contributed by atoms with E-state index in [0.717, 1.165) is 10.3 Å². The maximum absolute atomic E-state index is 11.3. The molecule has 0 fully saturated rings. The summed E-state index contributed by atoms with van der Waals surface area (Å²) in [6.07, 6.45) is 1.50. The molecule has 0 aromatic carbocycles. The van der Waals surface area contributed by atoms with Crippen LogP contribution in [0, 0.1) is 6.92 Å². The van der Waals surface area contributed by atoms with Gasteiger partial charge in [0.25, 0.3) is 0 Å². The summed E-state index contributed by atoms with van der Waals surface area (Å²) in [4.78, 5) is 15.3. The van der Waals surface area contributed by atoms with Crippen LogP contribution in [-0.4, -0.2) is 22.6 Å². The second kappa shape index (κ2) is 4.41. The number of hydrogen-bond donors (Lipinski definition) is 0. The number of nitrogens with zero attached hydrogens (tertiary/aromatic N) is 2. The van der Waals surface area contributed by atoms with Gasteiger partial charge in [-0.05, 0) is 6.92 Å². The van der Waals surface area contributed by atoms with Gasteiger partial charge in [-0.2, -0.15) is 0 Å². The topological polar surface area (TPSA) is 44.1 Å². The van der Waals surface area contributed by atoms with Crippen molar-refractivity contribution < 1.29 is 9.53 Å². The fourth-order valence-electron chi connectivity index (χ4n) is 1.11. The van der Waals surface area contributed by atoms with Crippen molar-refractivity contribution in [1.29, 1.82) is 0 Å². The molecule has 5 heteroatoms. The number of allylic oxidation sites excluding steroid dienone is 1. The molecule has 76 valence electrons. The molecule has 0 aliphatic carbocycles. The van der Waals surface area contributed by atoms with Crippen molar-refractivity contribution in [1.82, 2.24) is 9.55 Å². The number of methoxy groups -OCH3 is 1. The molecule has 0 saturated carbocycles. The summed E-state index contributed by atoms with van der Waals surface area (Å²) in [5.41, 5.74) is 0.436. The fourth-order valence-corrected chi connectivity index (χ4v) is 1.36. The van der Waals surface area contributed by atoms with E-state index >= 15 is 0 Å². The molecule has 4 nitrogen and oxygen atoms in total. The summed E-state index contributed by atoms with van der Waals surface area (Å²) < 4.78 is 7.15. The molecule has 0 spiro atoms. The average Bonchev–Trinajstić information content (AvgIpc) is 2.46. The molecule has 1 aromatic rings. The predicted molar refractivity (Wildman–Crippen MR) is 56.4 cm³/mol. The van der Waals surface area contributed by atoms with Gasteiger partial charge in [0.1, 0.15) is 11.5 Å². The second-order valence-corrected chi connectivity index (χ2v) is 3.91. The SMILES string of the molecule is C=C(Br)Cn1c(C(=O)OC)cnc1C. The van der Waals surface area contributed by atoms with Crippen molar-refractivity contribution in [3.63, 3.8) is 0 Å². The van der Waals surface area contributed by atoms with Crippen LogP contribution in [0.3, 0.4) is 0 Å². The van der Waals surface area contributed by atoms with Crippen molar-refractivity contribution in [2.45, 2.75) is 13.5 Å². The van der Waals surface area contributed by atoms with Crippen LogP contribution in [0.2, 0.25) is 0 Å². The number of aryl methyl sites for hydroxylation is 1. The molecule has 0 saturated heterocycles. The summed E-state index contributed by atoms with van der Waals surface area (Å²) >= 11 is 3.24. The van der Waals surface area contributed by atoms with Gasteiger partial charge >= 0.3 is 5.97 Å². The summed E-state index contributed by atoms with van der Waals surface area (Å²) in [5, 5.41) is 0. The Hall–Kier alpha value is -1.10. The van der Waals surface area contributed by atoms with Gasteiger partial charge in [0.15, 0.2) is 0 Å². The highest BCUT2D eigenvalue weighted by Crippen LogP contribution is 2.12. The maximum atomic E-state index is 11.3. The number of rotatable bonds is 3. The van der Waals surface area contributed by atoms with Gasteiger partial charge in [0.05, 0.1) is 19.9 Å². The molecule has 0 radical (unpaired) electrons. The molecule has 1 rings (SSSR count). The first-order chi connectivity index (χ1) is 6.56. The highest BCUT2D eigenvalue weighted by molar-refractivity contribution is 9.11. The third-order valence-electron chi connectivity index (χ3n) is 1.78. The predicted octanol–water partition coefficient (Wildman–Crippen LogP) is 1.89. The Balaban J connectivity index is 3.05. The van der Waals surface area contributed by atoms with Gasteiger partial charge in [0, 0.05) is 4.48 Å². The maximum Gasteiger partial charge on any atom is 0.356 e. The lowest BCUT2D eigenvalue weighted by Crippen LogP contribution is -2.11. The number of imidazole rings is 1. The van der Waals surface area contributed by atoms with Crippen LogP contribution in [0.1, 0.15) is 16.3 Å². The molecule has 0 aliphatic rings. The molecule has 0 atom stereocenters. The summed E-state index contributed by atoms with van der Waals surface area (Å²) in [6.45, 7) is 6.05. The minimum atomic E-state index is -0.389. The molecule has 0 bridgehead atoms. The highest BCUT2D eigenvalue weighted by Gasteiger charge is 2.14. The lowest BCUT2D eigenvalue weighted by molar-refractivity contribution is 0.0588. The Morgan fingerprint density at radius 1 is 1.79 bits per heavy atom. The zero-order valence-corrected chi connectivity index (χ0v) is 9.67. The van der Waals surface area contributed by atoms with Crippen LogP contribution in [-0.2, 0) is 11.3 Å². The zero-order chi connectivity index (χ0) is 10.7. The molecule has 14 heavy (non-hydrogen) atoms. The van der Waals surface area contributed by atoms with Crippen molar-refractivity contribution in [3.8, 4) is 0 Å². The van der Waals surface area contributed by atoms with Gasteiger partial charge in [-0.25, -0.2) is 9.78 Å². The van der Waals surface area contributed by atoms with Gasteiger partial charge in [-0.1, -0.05) is 22.5 Å². The lowest BCUT2D eigenvalue weighted by atomic mass is 10.4. The number of carbonyl (C=O) groups excluding carboxylic acids is 1. The molecule has 0 aliphatic heterocycles. The number of carbonyl (C=O) groups is 1. The van der Waals surface area contributed by atoms with Crippen LogP contribution in [0.25, 0.3) is 0 Å². The first-order valence-electron chi connectivity index (χ1n) is 4.00. The van der Waals surface area contributed by atoms with E-state index < -0.39 is 0 Å². The van der Waals surface area contributed by atoms with Crippen LogP contribution >= 0.6 is 15.9 Å². The van der Waals surface area contributed by atoms with Crippen molar-refractivity contribution in [2.75, 3.05) is 7.11 Å². The molecule has 1 aromatic heterocycles. The molecular weight excluding hydrogens is 248 g/mol. The Morgan fingerprint density at radius 3 is 2.93 bits per heavy atom. The monoisotopic (exact) mass is 258 g/mol. The summed E-state index contributed by atoms with van der Waals surface area (Å²) in [6, 6.07) is 0. The second-order valence-electron chi connectivity index (χ2n) is 2.79. The quantitative estimate of drug-likeness (QED) is 0.778. The highest BCUT2D eigenvalue weighted by atomic mass is 79.9. The van der Waals surface area contributed by atoms with Gasteiger partial charge in [0.2, 0.25) is 0 Å². The van der Waals surface area contributed by atoms with E-state index in [1.165, 1.54) is 13.3 Å². The number of halogens is 1. The number of hydrogen-bond acceptors (Lipinski definition) is 3. The third-order valence-corrected chi connectivity index (χ3v) is 2.03. The summed E-state index contributed by atoms with van der Waals surface area (Å²) in [5.74, 6) is 0.366. The van der Waals surface area contributed by atoms with Gasteiger partial charge in [-0.3, -0.25) is 0 Å². The first kappa shape index (κ1) is 11.0. The van der Waals surface area contributed by atoms with E-state index in [1.54, 1.807) is 4.57 Å². The largest absolute Gasteiger partial charge is 0.464 e. The van der Waals surface area contributed by atoms with Crippen LogP contribution in [0.5, 0.6) is 0 Å². The average molecular weight is 259 g/mol. The Labute approximate surface area is 90.7 Å². The standard InChI is InChI=1S/C9H11BrN2O2/c1-6(10)5-12-7(2)11-4-8(12)9(13)14-3/h4H,1,5H2,2-3H3. The van der Waals surface area contributed by atoms with Crippen LogP contribution in [0.15, 0.2) is 17.3 Å². The molecule has 1 heterocycles. The minimum Gasteiger partial charge on any atom is -0.464 e. The van der Waals surface area contributed by atoms with E-state index in [-0.39, 0.29) is 5.97 Å². The third kappa shape index (κ3) is 2.23. The normalized spacial score (nSPS) is 9.93. The van der Waals surface area contributed by atoms with Gasteiger partial charge < -0.3 is 9.30 Å². The Bertz CT molecular complexity index is 371. The summed E-state index contributed by atoms with van der Waals surface area (Å²) in [7, 11) is 1.35. The Morgan fingerprint density at radius 2 is 2.43 bits per heavy atom.